The molecule has 2 unspecified atom stereocenters. The summed E-state index contributed by atoms with van der Waals surface area (Å²) < 4.78 is 76.1. The van der Waals surface area contributed by atoms with E-state index >= 15 is 0 Å². The smallest absolute Gasteiger partial charge is 0.745 e. The van der Waals surface area contributed by atoms with Crippen molar-refractivity contribution in [2.24, 2.45) is 0 Å². The average Bonchev–Trinajstić information content (AvgIpc) is 3.81. The van der Waals surface area contributed by atoms with Gasteiger partial charge in [0.05, 0.1) is 22.7 Å². The number of nitrogens with one attached hydrogen (secondary N) is 2. The molecule has 67 heavy (non-hydrogen) atoms. The molecule has 0 aromatic heterocycles. The van der Waals surface area contributed by atoms with Crippen LogP contribution < -0.4 is 20.4 Å². The van der Waals surface area contributed by atoms with Crippen LogP contribution in [-0.4, -0.2) is 73.7 Å². The van der Waals surface area contributed by atoms with Gasteiger partial charge in [-0.3, -0.25) is 0 Å². The zero-order chi connectivity index (χ0) is 47.1. The van der Waals surface area contributed by atoms with Crippen molar-refractivity contribution >= 4 is 80.7 Å². The fourth-order valence-corrected chi connectivity index (χ4v) is 11.8. The summed E-state index contributed by atoms with van der Waals surface area (Å²) in [5.41, 5.74) is 4.89. The molecule has 364 valence electrons. The van der Waals surface area contributed by atoms with Crippen LogP contribution in [0.4, 0.5) is 22.7 Å². The maximum Gasteiger partial charge on any atom is 2.00 e. The third-order valence-electron chi connectivity index (χ3n) is 13.4. The van der Waals surface area contributed by atoms with E-state index in [1.807, 2.05) is 109 Å². The van der Waals surface area contributed by atoms with Gasteiger partial charge in [0, 0.05) is 25.9 Å². The normalized spacial score (nSPS) is 17.4. The van der Waals surface area contributed by atoms with Gasteiger partial charge in [-0.1, -0.05) is 227 Å². The van der Waals surface area contributed by atoms with Gasteiger partial charge < -0.3 is 29.5 Å². The van der Waals surface area contributed by atoms with E-state index in [9.17, 15) is 25.9 Å². The molecule has 2 N–H and O–H groups in total. The molecule has 0 fully saturated rings. The summed E-state index contributed by atoms with van der Waals surface area (Å²) in [6.45, 7) is 5.21. The Hall–Kier alpha value is -2.84. The molecule has 10 nitrogen and oxygen atoms in total. The number of hydrogen-bond acceptors (Lipinski definition) is 10. The Labute approximate surface area is 435 Å². The van der Waals surface area contributed by atoms with Crippen LogP contribution >= 0.6 is 0 Å². The Bertz CT molecular complexity index is 2060. The van der Waals surface area contributed by atoms with E-state index in [0.717, 1.165) is 48.2 Å². The number of unbranched alkanes of at least 4 members (excludes halogenated alkanes) is 20. The molecule has 0 saturated carbocycles. The molecule has 4 aromatic rings. The molecule has 13 heteroatoms. The van der Waals surface area contributed by atoms with Gasteiger partial charge in [0.15, 0.2) is 0 Å². The Balaban J connectivity index is 0.000000288. The minimum absolute atomic E-state index is 0. The molecule has 0 saturated heterocycles. The number of rotatable bonds is 30. The number of fused-ring (bicyclic) bond motifs is 2. The average molecular weight is 983 g/mol. The Morgan fingerprint density at radius 1 is 0.403 bits per heavy atom. The van der Waals surface area contributed by atoms with Crippen molar-refractivity contribution < 1.29 is 25.9 Å². The maximum atomic E-state index is 12.7. The van der Waals surface area contributed by atoms with Crippen LogP contribution in [0.25, 0.3) is 0 Å². The number of anilines is 4. The molecule has 0 amide bonds. The predicted octanol–water partition coefficient (Wildman–Crippen LogP) is 13.7. The molecule has 6 rings (SSSR count). The molecular weight excluding hydrogens is 905 g/mol. The fraction of sp³-hybridized carbons (Fsp3) is 0.556. The predicted molar refractivity (Wildman–Crippen MR) is 278 cm³/mol. The van der Waals surface area contributed by atoms with Crippen molar-refractivity contribution in [3.8, 4) is 0 Å². The van der Waals surface area contributed by atoms with Crippen molar-refractivity contribution in [1.29, 1.82) is 0 Å². The van der Waals surface area contributed by atoms with E-state index in [1.165, 1.54) is 103 Å². The topological polar surface area (TPSA) is 145 Å². The van der Waals surface area contributed by atoms with Crippen LogP contribution in [0.2, 0.25) is 0 Å². The fourth-order valence-electron chi connectivity index (χ4n) is 9.63. The molecule has 0 bridgehead atoms. The van der Waals surface area contributed by atoms with Gasteiger partial charge >= 0.3 is 37.7 Å². The standard InChI is InChI=1S/2C27H40N2O3S.Ca/c2*1-2-3-4-5-6-7-8-9-10-11-17-22-27(33(30,31)32)28-25-20-15-16-21-26(25)29(27)23-24-18-13-12-14-19-24;/h2*12-16,18-21,28H,2-11,17,22-23H2,1H3,(H,30,31,32);/q;;+2/p-2. The monoisotopic (exact) mass is 982 g/mol. The molecule has 0 radical (unpaired) electrons. The Morgan fingerprint density at radius 3 is 0.970 bits per heavy atom. The Kier molecular flexibility index (Phi) is 24.9. The summed E-state index contributed by atoms with van der Waals surface area (Å²) in [5, 5.41) is 6.24. The summed E-state index contributed by atoms with van der Waals surface area (Å²) in [7, 11) is -9.30. The first-order chi connectivity index (χ1) is 32.0. The maximum absolute atomic E-state index is 12.7. The molecule has 0 aliphatic carbocycles. The van der Waals surface area contributed by atoms with Gasteiger partial charge in [-0.25, -0.2) is 16.8 Å². The van der Waals surface area contributed by atoms with E-state index in [4.69, 9.17) is 0 Å². The van der Waals surface area contributed by atoms with Crippen LogP contribution in [0.1, 0.15) is 179 Å². The van der Waals surface area contributed by atoms with Crippen LogP contribution in [0.3, 0.4) is 0 Å². The first kappa shape index (κ1) is 56.7. The van der Waals surface area contributed by atoms with E-state index in [1.54, 1.807) is 9.80 Å². The van der Waals surface area contributed by atoms with Crippen molar-refractivity contribution in [3.63, 3.8) is 0 Å². The van der Waals surface area contributed by atoms with E-state index in [2.05, 4.69) is 24.5 Å². The number of benzene rings is 4. The van der Waals surface area contributed by atoms with Gasteiger partial charge in [0.1, 0.15) is 20.2 Å². The summed E-state index contributed by atoms with van der Waals surface area (Å²) in [6.07, 6.45) is 26.6. The Morgan fingerprint density at radius 2 is 0.672 bits per heavy atom. The zero-order valence-corrected chi connectivity index (χ0v) is 44.5. The first-order valence-corrected chi connectivity index (χ1v) is 28.1. The van der Waals surface area contributed by atoms with Gasteiger partial charge in [-0.15, -0.1) is 0 Å². The van der Waals surface area contributed by atoms with Gasteiger partial charge in [-0.2, -0.15) is 0 Å². The summed E-state index contributed by atoms with van der Waals surface area (Å²) >= 11 is 0. The zero-order valence-electron chi connectivity index (χ0n) is 40.6. The largest absolute Gasteiger partial charge is 2.00 e. The van der Waals surface area contributed by atoms with E-state index in [-0.39, 0.29) is 50.6 Å². The van der Waals surface area contributed by atoms with Crippen molar-refractivity contribution in [1.82, 2.24) is 0 Å². The molecule has 2 aliphatic rings. The summed E-state index contributed by atoms with van der Waals surface area (Å²) in [6, 6.07) is 34.4. The van der Waals surface area contributed by atoms with Gasteiger partial charge in [-0.05, 0) is 48.2 Å². The third kappa shape index (κ3) is 16.6. The summed E-state index contributed by atoms with van der Waals surface area (Å²) in [4.78, 5) is 0.226. The van der Waals surface area contributed by atoms with Crippen LogP contribution in [0.15, 0.2) is 109 Å². The SMILES string of the molecule is CCCCCCCCCCCCCC1(S(=O)(=O)[O-])Nc2ccccc2N1Cc1ccccc1.CCCCCCCCCCCCCC1(S(=O)(=O)[O-])Nc2ccccc2N1Cc1ccccc1.[Ca+2]. The number of para-hydroxylation sites is 4. The molecule has 2 aliphatic heterocycles. The van der Waals surface area contributed by atoms with E-state index < -0.39 is 30.2 Å². The van der Waals surface area contributed by atoms with Crippen molar-refractivity contribution in [2.75, 3.05) is 20.4 Å². The van der Waals surface area contributed by atoms with Crippen LogP contribution in [0, 0.1) is 0 Å². The van der Waals surface area contributed by atoms with Gasteiger partial charge in [0.25, 0.3) is 0 Å². The number of nitrogens with zero attached hydrogens (tertiary/aromatic N) is 2. The molecule has 2 atom stereocenters. The summed E-state index contributed by atoms with van der Waals surface area (Å²) in [5.74, 6) is 0. The quantitative estimate of drug-likeness (QED) is 0.0294. The van der Waals surface area contributed by atoms with E-state index in [0.29, 0.717) is 37.3 Å². The number of hydrogen-bond donors (Lipinski definition) is 2. The second-order valence-corrected chi connectivity index (χ2v) is 21.6. The van der Waals surface area contributed by atoms with Crippen LogP contribution in [0.5, 0.6) is 0 Å². The minimum Gasteiger partial charge on any atom is -0.745 e. The molecule has 4 aromatic carbocycles. The first-order valence-electron chi connectivity index (χ1n) is 25.2. The second kappa shape index (κ2) is 29.4. The third-order valence-corrected chi connectivity index (χ3v) is 16.1. The minimum atomic E-state index is -4.65. The van der Waals surface area contributed by atoms with Crippen molar-refractivity contribution in [3.05, 3.63) is 120 Å². The van der Waals surface area contributed by atoms with Crippen molar-refractivity contribution in [2.45, 2.75) is 191 Å². The second-order valence-electron chi connectivity index (χ2n) is 18.5. The van der Waals surface area contributed by atoms with Gasteiger partial charge in [0.2, 0.25) is 9.99 Å². The molecule has 2 heterocycles. The molecule has 0 spiro atoms. The molecular formula is C54H78CaN4O6S2. The van der Waals surface area contributed by atoms with Crippen LogP contribution in [-0.2, 0) is 33.3 Å².